The van der Waals surface area contributed by atoms with Crippen LogP contribution in [0.25, 0.3) is 0 Å². The average molecular weight is 306 g/mol. The Morgan fingerprint density at radius 2 is 2.14 bits per heavy atom. The van der Waals surface area contributed by atoms with E-state index in [0.29, 0.717) is 44.2 Å². The molecular weight excluding hydrogens is 280 g/mol. The van der Waals surface area contributed by atoms with E-state index in [1.54, 1.807) is 0 Å². The van der Waals surface area contributed by atoms with Crippen LogP contribution < -0.4 is 10.5 Å². The van der Waals surface area contributed by atoms with Gasteiger partial charge < -0.3 is 20.1 Å². The van der Waals surface area contributed by atoms with Crippen LogP contribution >= 0.6 is 0 Å². The number of amides is 1. The van der Waals surface area contributed by atoms with E-state index in [0.717, 1.165) is 13.0 Å². The molecule has 5 nitrogen and oxygen atoms in total. The van der Waals surface area contributed by atoms with E-state index in [2.05, 4.69) is 6.92 Å². The van der Waals surface area contributed by atoms with Gasteiger partial charge in [0.15, 0.2) is 0 Å². The molecule has 0 spiro atoms. The van der Waals surface area contributed by atoms with Gasteiger partial charge in [0.25, 0.3) is 5.91 Å². The first-order valence-corrected chi connectivity index (χ1v) is 7.88. The molecule has 1 amide bonds. The number of ether oxygens (including phenoxy) is 2. The highest BCUT2D eigenvalue weighted by molar-refractivity contribution is 5.97. The number of likely N-dealkylation sites (tertiary alicyclic amines) is 1. The van der Waals surface area contributed by atoms with E-state index < -0.39 is 0 Å². The Bertz CT molecular complexity index is 506. The molecule has 1 atom stereocenters. The maximum Gasteiger partial charge on any atom is 0.257 e. The number of carbonyl (C=O) groups excluding carboxylic acids is 1. The van der Waals surface area contributed by atoms with Gasteiger partial charge in [-0.1, -0.05) is 19.1 Å². The molecule has 1 heterocycles. The number of rotatable bonds is 7. The summed E-state index contributed by atoms with van der Waals surface area (Å²) in [5, 5.41) is 0. The van der Waals surface area contributed by atoms with Crippen molar-refractivity contribution in [2.24, 2.45) is 11.1 Å². The van der Waals surface area contributed by atoms with Crippen LogP contribution in [0.3, 0.4) is 0 Å². The number of benzene rings is 1. The average Bonchev–Trinajstić information content (AvgIpc) is 2.94. The van der Waals surface area contributed by atoms with Crippen molar-refractivity contribution in [3.63, 3.8) is 0 Å². The fraction of sp³-hybridized carbons (Fsp3) is 0.588. The van der Waals surface area contributed by atoms with Crippen molar-refractivity contribution >= 4 is 5.91 Å². The normalized spacial score (nSPS) is 21.1. The summed E-state index contributed by atoms with van der Waals surface area (Å²) >= 11 is 0. The van der Waals surface area contributed by atoms with Crippen molar-refractivity contribution in [3.05, 3.63) is 29.8 Å². The van der Waals surface area contributed by atoms with E-state index in [4.69, 9.17) is 15.2 Å². The lowest BCUT2D eigenvalue weighted by molar-refractivity contribution is 0.0766. The third kappa shape index (κ3) is 3.99. The van der Waals surface area contributed by atoms with Gasteiger partial charge in [0.1, 0.15) is 12.4 Å². The Labute approximate surface area is 132 Å². The minimum atomic E-state index is 0.0178. The number of hydrogen-bond donors (Lipinski definition) is 1. The lowest BCUT2D eigenvalue weighted by Crippen LogP contribution is -2.34. The standard InChI is InChI=1S/C17H26N2O3/c1-3-21-10-11-22-15-7-5-4-6-14(15)16(20)19-9-8-17(2,12-18)13-19/h4-7H,3,8-13,18H2,1-2H3. The van der Waals surface area contributed by atoms with Crippen LogP contribution in [0.4, 0.5) is 0 Å². The van der Waals surface area contributed by atoms with Crippen LogP contribution in [0, 0.1) is 5.41 Å². The lowest BCUT2D eigenvalue weighted by Gasteiger charge is -2.23. The highest BCUT2D eigenvalue weighted by Gasteiger charge is 2.35. The number of nitrogens with zero attached hydrogens (tertiary/aromatic N) is 1. The Hall–Kier alpha value is -1.59. The topological polar surface area (TPSA) is 64.8 Å². The summed E-state index contributed by atoms with van der Waals surface area (Å²) in [6, 6.07) is 7.38. The van der Waals surface area contributed by atoms with Gasteiger partial charge in [0.05, 0.1) is 12.2 Å². The Kier molecular flexibility index (Phi) is 5.80. The second-order valence-electron chi connectivity index (χ2n) is 6.03. The highest BCUT2D eigenvalue weighted by Crippen LogP contribution is 2.31. The van der Waals surface area contributed by atoms with Gasteiger partial charge >= 0.3 is 0 Å². The van der Waals surface area contributed by atoms with Crippen molar-refractivity contribution in [2.75, 3.05) is 39.5 Å². The summed E-state index contributed by atoms with van der Waals surface area (Å²) < 4.78 is 11.0. The third-order valence-electron chi connectivity index (χ3n) is 4.14. The predicted molar refractivity (Wildman–Crippen MR) is 86.1 cm³/mol. The minimum absolute atomic E-state index is 0.0178. The maximum absolute atomic E-state index is 12.7. The maximum atomic E-state index is 12.7. The van der Waals surface area contributed by atoms with Crippen LogP contribution in [-0.2, 0) is 4.74 Å². The molecule has 2 rings (SSSR count). The molecule has 0 aromatic heterocycles. The number of carbonyl (C=O) groups is 1. The molecule has 122 valence electrons. The molecule has 1 aliphatic rings. The lowest BCUT2D eigenvalue weighted by atomic mass is 9.90. The Morgan fingerprint density at radius 3 is 2.82 bits per heavy atom. The summed E-state index contributed by atoms with van der Waals surface area (Å²) in [7, 11) is 0. The molecule has 1 fully saturated rings. The fourth-order valence-corrected chi connectivity index (χ4v) is 2.66. The van der Waals surface area contributed by atoms with Crippen LogP contribution in [0.1, 0.15) is 30.6 Å². The number of para-hydroxylation sites is 1. The van der Waals surface area contributed by atoms with Crippen molar-refractivity contribution in [1.82, 2.24) is 4.90 Å². The van der Waals surface area contributed by atoms with Gasteiger partial charge in [-0.2, -0.15) is 0 Å². The van der Waals surface area contributed by atoms with Gasteiger partial charge in [-0.05, 0) is 37.4 Å². The van der Waals surface area contributed by atoms with E-state index >= 15 is 0 Å². The molecule has 0 aliphatic carbocycles. The summed E-state index contributed by atoms with van der Waals surface area (Å²) in [6.45, 7) is 7.75. The van der Waals surface area contributed by atoms with E-state index in [1.165, 1.54) is 0 Å². The molecule has 5 heteroatoms. The molecule has 1 saturated heterocycles. The quantitative estimate of drug-likeness (QED) is 0.782. The van der Waals surface area contributed by atoms with Gasteiger partial charge in [-0.15, -0.1) is 0 Å². The zero-order valence-electron chi connectivity index (χ0n) is 13.5. The zero-order chi connectivity index (χ0) is 16.0. The number of hydrogen-bond acceptors (Lipinski definition) is 4. The number of nitrogens with two attached hydrogens (primary N) is 1. The van der Waals surface area contributed by atoms with Crippen LogP contribution in [0.15, 0.2) is 24.3 Å². The summed E-state index contributed by atoms with van der Waals surface area (Å²) in [5.41, 5.74) is 6.46. The molecule has 1 aromatic carbocycles. The van der Waals surface area contributed by atoms with Gasteiger partial charge in [-0.3, -0.25) is 4.79 Å². The molecule has 0 bridgehead atoms. The third-order valence-corrected chi connectivity index (χ3v) is 4.14. The molecule has 0 saturated carbocycles. The predicted octanol–water partition coefficient (Wildman–Crippen LogP) is 1.91. The second kappa shape index (κ2) is 7.61. The summed E-state index contributed by atoms with van der Waals surface area (Å²) in [4.78, 5) is 14.6. The molecule has 1 unspecified atom stereocenters. The first kappa shape index (κ1) is 16.8. The summed E-state index contributed by atoms with van der Waals surface area (Å²) in [6.07, 6.45) is 0.947. The Morgan fingerprint density at radius 1 is 1.36 bits per heavy atom. The smallest absolute Gasteiger partial charge is 0.257 e. The largest absolute Gasteiger partial charge is 0.490 e. The SMILES string of the molecule is CCOCCOc1ccccc1C(=O)N1CCC(C)(CN)C1. The van der Waals surface area contributed by atoms with Crippen LogP contribution in [-0.4, -0.2) is 50.3 Å². The molecule has 2 N–H and O–H groups in total. The fourth-order valence-electron chi connectivity index (χ4n) is 2.66. The van der Waals surface area contributed by atoms with Crippen LogP contribution in [0.5, 0.6) is 5.75 Å². The molecule has 0 radical (unpaired) electrons. The first-order valence-electron chi connectivity index (χ1n) is 7.88. The van der Waals surface area contributed by atoms with Crippen molar-refractivity contribution in [1.29, 1.82) is 0 Å². The molecule has 1 aliphatic heterocycles. The van der Waals surface area contributed by atoms with Gasteiger partial charge in [-0.25, -0.2) is 0 Å². The summed E-state index contributed by atoms with van der Waals surface area (Å²) in [5.74, 6) is 0.637. The van der Waals surface area contributed by atoms with E-state index in [-0.39, 0.29) is 11.3 Å². The molecular formula is C17H26N2O3. The van der Waals surface area contributed by atoms with Crippen molar-refractivity contribution in [2.45, 2.75) is 20.3 Å². The van der Waals surface area contributed by atoms with Crippen LogP contribution in [0.2, 0.25) is 0 Å². The monoisotopic (exact) mass is 306 g/mol. The molecule has 22 heavy (non-hydrogen) atoms. The molecule has 1 aromatic rings. The zero-order valence-corrected chi connectivity index (χ0v) is 13.5. The second-order valence-corrected chi connectivity index (χ2v) is 6.03. The van der Waals surface area contributed by atoms with Gasteiger partial charge in [0, 0.05) is 19.7 Å². The van der Waals surface area contributed by atoms with Gasteiger partial charge in [0.2, 0.25) is 0 Å². The van der Waals surface area contributed by atoms with E-state index in [1.807, 2.05) is 36.1 Å². The van der Waals surface area contributed by atoms with Crippen molar-refractivity contribution in [3.8, 4) is 5.75 Å². The minimum Gasteiger partial charge on any atom is -0.490 e. The Balaban J connectivity index is 2.03. The van der Waals surface area contributed by atoms with E-state index in [9.17, 15) is 4.79 Å². The first-order chi connectivity index (χ1) is 10.6. The highest BCUT2D eigenvalue weighted by atomic mass is 16.5. The van der Waals surface area contributed by atoms with Crippen molar-refractivity contribution < 1.29 is 14.3 Å².